The van der Waals surface area contributed by atoms with E-state index in [0.29, 0.717) is 11.3 Å². The molecular weight excluding hydrogens is 338 g/mol. The van der Waals surface area contributed by atoms with Crippen LogP contribution in [0, 0.1) is 10.1 Å². The van der Waals surface area contributed by atoms with Gasteiger partial charge in [0, 0.05) is 24.7 Å². The number of hydrogen-bond acceptors (Lipinski definition) is 7. The van der Waals surface area contributed by atoms with Crippen LogP contribution in [-0.2, 0) is 9.53 Å². The van der Waals surface area contributed by atoms with Crippen molar-refractivity contribution in [3.63, 3.8) is 0 Å². The number of non-ortho nitro benzene ring substituents is 1. The quantitative estimate of drug-likeness (QED) is 0.249. The third-order valence-electron chi connectivity index (χ3n) is 3.55. The standard InChI is InChI=1S/C18H17N3O5/c1-20(14-8-10-15(11-9-14)21(24)25)19-16(18(23)26-2)12-17(22)13-6-4-3-5-7-13/h3-11H,12H2,1-2H3/b19-16-. The van der Waals surface area contributed by atoms with Crippen molar-refractivity contribution < 1.29 is 19.2 Å². The van der Waals surface area contributed by atoms with Crippen LogP contribution >= 0.6 is 0 Å². The number of esters is 1. The minimum atomic E-state index is -0.719. The molecule has 0 atom stereocenters. The Hall–Kier alpha value is -3.55. The summed E-state index contributed by atoms with van der Waals surface area (Å²) in [4.78, 5) is 34.5. The molecule has 2 aromatic carbocycles. The lowest BCUT2D eigenvalue weighted by Gasteiger charge is -2.15. The molecule has 2 rings (SSSR count). The Labute approximate surface area is 149 Å². The fourth-order valence-electron chi connectivity index (χ4n) is 2.17. The van der Waals surface area contributed by atoms with E-state index in [4.69, 9.17) is 4.74 Å². The molecule has 0 aliphatic heterocycles. The van der Waals surface area contributed by atoms with E-state index < -0.39 is 10.9 Å². The normalized spacial score (nSPS) is 10.9. The summed E-state index contributed by atoms with van der Waals surface area (Å²) in [5.41, 5.74) is 0.854. The van der Waals surface area contributed by atoms with Gasteiger partial charge in [0.15, 0.2) is 11.5 Å². The van der Waals surface area contributed by atoms with Gasteiger partial charge in [0.05, 0.1) is 24.1 Å². The van der Waals surface area contributed by atoms with Gasteiger partial charge in [-0.05, 0) is 12.1 Å². The molecule has 0 spiro atoms. The van der Waals surface area contributed by atoms with Crippen LogP contribution in [0.15, 0.2) is 59.7 Å². The molecule has 134 valence electrons. The fraction of sp³-hybridized carbons (Fsp3) is 0.167. The summed E-state index contributed by atoms with van der Waals surface area (Å²) in [6.45, 7) is 0. The topological polar surface area (TPSA) is 102 Å². The molecule has 8 nitrogen and oxygen atoms in total. The lowest BCUT2D eigenvalue weighted by Crippen LogP contribution is -2.24. The van der Waals surface area contributed by atoms with Crippen LogP contribution in [0.3, 0.4) is 0 Å². The molecule has 0 heterocycles. The Morgan fingerprint density at radius 1 is 1.12 bits per heavy atom. The molecule has 0 amide bonds. The molecule has 0 aliphatic carbocycles. The zero-order valence-electron chi connectivity index (χ0n) is 14.3. The van der Waals surface area contributed by atoms with Crippen molar-refractivity contribution in [3.8, 4) is 0 Å². The highest BCUT2D eigenvalue weighted by molar-refractivity contribution is 6.40. The van der Waals surface area contributed by atoms with E-state index >= 15 is 0 Å². The average molecular weight is 355 g/mol. The van der Waals surface area contributed by atoms with E-state index in [0.717, 1.165) is 0 Å². The molecule has 26 heavy (non-hydrogen) atoms. The van der Waals surface area contributed by atoms with Gasteiger partial charge in [0.1, 0.15) is 0 Å². The second kappa shape index (κ2) is 8.52. The zero-order chi connectivity index (χ0) is 19.1. The second-order valence-electron chi connectivity index (χ2n) is 5.30. The van der Waals surface area contributed by atoms with Crippen molar-refractivity contribution in [2.45, 2.75) is 6.42 Å². The van der Waals surface area contributed by atoms with Crippen LogP contribution in [-0.4, -0.2) is 36.5 Å². The van der Waals surface area contributed by atoms with E-state index in [2.05, 4.69) is 5.10 Å². The Balaban J connectivity index is 2.23. The molecule has 0 aliphatic rings. The van der Waals surface area contributed by atoms with E-state index in [1.165, 1.54) is 36.4 Å². The van der Waals surface area contributed by atoms with Gasteiger partial charge in [-0.15, -0.1) is 0 Å². The van der Waals surface area contributed by atoms with Crippen molar-refractivity contribution in [2.24, 2.45) is 5.10 Å². The minimum absolute atomic E-state index is 0.0569. The molecule has 0 N–H and O–H groups in total. The van der Waals surface area contributed by atoms with Crippen molar-refractivity contribution in [3.05, 3.63) is 70.3 Å². The predicted octanol–water partition coefficient (Wildman–Crippen LogP) is 2.83. The van der Waals surface area contributed by atoms with Crippen molar-refractivity contribution in [1.29, 1.82) is 0 Å². The van der Waals surface area contributed by atoms with Crippen LogP contribution in [0.1, 0.15) is 16.8 Å². The zero-order valence-corrected chi connectivity index (χ0v) is 14.3. The number of carbonyl (C=O) groups excluding carboxylic acids is 2. The number of nitrogens with zero attached hydrogens (tertiary/aromatic N) is 3. The molecule has 0 radical (unpaired) electrons. The van der Waals surface area contributed by atoms with E-state index in [1.807, 2.05) is 0 Å². The number of hydrazone groups is 1. The van der Waals surface area contributed by atoms with Gasteiger partial charge in [-0.2, -0.15) is 5.10 Å². The average Bonchev–Trinajstić information content (AvgIpc) is 2.67. The summed E-state index contributed by atoms with van der Waals surface area (Å²) in [5.74, 6) is -0.991. The third kappa shape index (κ3) is 4.73. The SMILES string of the molecule is COC(=O)/C(CC(=O)c1ccccc1)=N\N(C)c1ccc([N+](=O)[O-])cc1. The van der Waals surface area contributed by atoms with Crippen LogP contribution < -0.4 is 5.01 Å². The fourth-order valence-corrected chi connectivity index (χ4v) is 2.17. The number of Topliss-reactive ketones (excluding diaryl/α,β-unsaturated/α-hetero) is 1. The summed E-state index contributed by atoms with van der Waals surface area (Å²) >= 11 is 0. The van der Waals surface area contributed by atoms with Crippen molar-refractivity contribution >= 4 is 28.8 Å². The molecule has 0 aromatic heterocycles. The first-order valence-electron chi connectivity index (χ1n) is 7.64. The lowest BCUT2D eigenvalue weighted by atomic mass is 10.1. The molecule has 0 fully saturated rings. The molecule has 0 saturated heterocycles. The maximum absolute atomic E-state index is 12.3. The smallest absolute Gasteiger partial charge is 0.354 e. The van der Waals surface area contributed by atoms with Gasteiger partial charge in [0.2, 0.25) is 0 Å². The lowest BCUT2D eigenvalue weighted by molar-refractivity contribution is -0.384. The Morgan fingerprint density at radius 2 is 1.73 bits per heavy atom. The number of anilines is 1. The number of rotatable bonds is 7. The van der Waals surface area contributed by atoms with E-state index in [9.17, 15) is 19.7 Å². The predicted molar refractivity (Wildman–Crippen MR) is 96.3 cm³/mol. The highest BCUT2D eigenvalue weighted by Crippen LogP contribution is 2.19. The molecule has 8 heteroatoms. The summed E-state index contributed by atoms with van der Waals surface area (Å²) in [7, 11) is 2.77. The van der Waals surface area contributed by atoms with Crippen LogP contribution in [0.4, 0.5) is 11.4 Å². The number of benzene rings is 2. The Morgan fingerprint density at radius 3 is 2.27 bits per heavy atom. The van der Waals surface area contributed by atoms with Crippen molar-refractivity contribution in [1.82, 2.24) is 0 Å². The molecule has 0 bridgehead atoms. The molecule has 0 saturated carbocycles. The highest BCUT2D eigenvalue weighted by atomic mass is 16.6. The summed E-state index contributed by atoms with van der Waals surface area (Å²) in [6.07, 6.45) is -0.228. The van der Waals surface area contributed by atoms with Crippen LogP contribution in [0.25, 0.3) is 0 Å². The first-order chi connectivity index (χ1) is 12.4. The third-order valence-corrected chi connectivity index (χ3v) is 3.55. The van der Waals surface area contributed by atoms with Crippen LogP contribution in [0.2, 0.25) is 0 Å². The molecular formula is C18H17N3O5. The first-order valence-corrected chi connectivity index (χ1v) is 7.64. The minimum Gasteiger partial charge on any atom is -0.464 e. The van der Waals surface area contributed by atoms with E-state index in [1.54, 1.807) is 37.4 Å². The number of methoxy groups -OCH3 is 1. The van der Waals surface area contributed by atoms with Gasteiger partial charge >= 0.3 is 5.97 Å². The highest BCUT2D eigenvalue weighted by Gasteiger charge is 2.19. The molecule has 0 unspecified atom stereocenters. The summed E-state index contributed by atoms with van der Waals surface area (Å²) < 4.78 is 4.70. The van der Waals surface area contributed by atoms with Gasteiger partial charge in [0.25, 0.3) is 5.69 Å². The molecule has 2 aromatic rings. The number of hydrogen-bond donors (Lipinski definition) is 0. The van der Waals surface area contributed by atoms with Gasteiger partial charge in [-0.1, -0.05) is 30.3 Å². The summed E-state index contributed by atoms with van der Waals surface area (Å²) in [6, 6.07) is 14.2. The second-order valence-corrected chi connectivity index (χ2v) is 5.30. The largest absolute Gasteiger partial charge is 0.464 e. The van der Waals surface area contributed by atoms with Gasteiger partial charge in [-0.25, -0.2) is 4.79 Å². The Bertz CT molecular complexity index is 832. The number of nitro benzene ring substituents is 1. The van der Waals surface area contributed by atoms with Gasteiger partial charge < -0.3 is 4.74 Å². The maximum Gasteiger partial charge on any atom is 0.354 e. The van der Waals surface area contributed by atoms with Crippen LogP contribution in [0.5, 0.6) is 0 Å². The van der Waals surface area contributed by atoms with Gasteiger partial charge in [-0.3, -0.25) is 19.9 Å². The number of nitro groups is 1. The summed E-state index contributed by atoms with van der Waals surface area (Å²) in [5, 5.41) is 16.2. The van der Waals surface area contributed by atoms with Crippen molar-refractivity contribution in [2.75, 3.05) is 19.2 Å². The number of carbonyl (C=O) groups is 2. The monoisotopic (exact) mass is 355 g/mol. The van der Waals surface area contributed by atoms with E-state index in [-0.39, 0.29) is 23.6 Å². The Kier molecular flexibility index (Phi) is 6.15. The number of ether oxygens (including phenoxy) is 1. The first kappa shape index (κ1) is 18.8. The maximum atomic E-state index is 12.3. The number of ketones is 1.